The van der Waals surface area contributed by atoms with Crippen molar-refractivity contribution >= 4 is 17.8 Å². The maximum absolute atomic E-state index is 12.3. The van der Waals surface area contributed by atoms with Crippen LogP contribution in [-0.4, -0.2) is 48.4 Å². The molecule has 0 saturated heterocycles. The molecule has 1 aliphatic rings. The number of benzene rings is 1. The fourth-order valence-electron chi connectivity index (χ4n) is 3.15. The molecule has 0 unspecified atom stereocenters. The summed E-state index contributed by atoms with van der Waals surface area (Å²) < 4.78 is 5.02. The van der Waals surface area contributed by atoms with Crippen LogP contribution in [0.2, 0.25) is 0 Å². The topological polar surface area (TPSA) is 75.7 Å². The van der Waals surface area contributed by atoms with Crippen molar-refractivity contribution in [1.29, 1.82) is 0 Å². The smallest absolute Gasteiger partial charge is 0.325 e. The van der Waals surface area contributed by atoms with Crippen LogP contribution in [0.1, 0.15) is 49.4 Å². The number of likely N-dealkylation sites (N-methyl/N-ethyl adjacent to an activating group) is 1. The Morgan fingerprint density at radius 2 is 1.80 bits per heavy atom. The summed E-state index contributed by atoms with van der Waals surface area (Å²) in [6.07, 6.45) is 5.53. The molecule has 2 amide bonds. The number of ether oxygens (including phenoxy) is 1. The molecular weight excluding hydrogens is 320 g/mol. The molecule has 0 aromatic heterocycles. The lowest BCUT2D eigenvalue weighted by molar-refractivity contribution is -0.152. The van der Waals surface area contributed by atoms with E-state index in [1.165, 1.54) is 6.42 Å². The zero-order valence-electron chi connectivity index (χ0n) is 14.7. The Morgan fingerprint density at radius 1 is 1.12 bits per heavy atom. The summed E-state index contributed by atoms with van der Waals surface area (Å²) >= 11 is 0. The van der Waals surface area contributed by atoms with Crippen LogP contribution in [-0.2, 0) is 14.3 Å². The first-order valence-electron chi connectivity index (χ1n) is 8.90. The first-order chi connectivity index (χ1) is 12.1. The van der Waals surface area contributed by atoms with Gasteiger partial charge in [0.25, 0.3) is 11.8 Å². The van der Waals surface area contributed by atoms with E-state index in [1.54, 1.807) is 29.2 Å². The molecule has 1 saturated carbocycles. The molecular formula is C19H26N2O4. The number of nitrogens with one attached hydrogen (secondary N) is 1. The van der Waals surface area contributed by atoms with Crippen molar-refractivity contribution in [3.8, 4) is 0 Å². The molecule has 0 aliphatic heterocycles. The minimum Gasteiger partial charge on any atom is -0.454 e. The predicted octanol–water partition coefficient (Wildman–Crippen LogP) is 2.14. The highest BCUT2D eigenvalue weighted by molar-refractivity contribution is 5.96. The van der Waals surface area contributed by atoms with Crippen LogP contribution in [0.25, 0.3) is 0 Å². The maximum atomic E-state index is 12.3. The molecule has 1 aliphatic carbocycles. The average molecular weight is 346 g/mol. The fraction of sp³-hybridized carbons (Fsp3) is 0.526. The van der Waals surface area contributed by atoms with Crippen molar-refractivity contribution in [3.05, 3.63) is 35.9 Å². The number of carbonyl (C=O) groups excluding carboxylic acids is 3. The molecule has 0 bridgehead atoms. The van der Waals surface area contributed by atoms with E-state index in [0.717, 1.165) is 25.7 Å². The number of hydrogen-bond donors (Lipinski definition) is 1. The fourth-order valence-corrected chi connectivity index (χ4v) is 3.15. The minimum atomic E-state index is -0.614. The van der Waals surface area contributed by atoms with Gasteiger partial charge >= 0.3 is 5.97 Å². The van der Waals surface area contributed by atoms with Gasteiger partial charge in [0.2, 0.25) is 0 Å². The van der Waals surface area contributed by atoms with Gasteiger partial charge in [0, 0.05) is 18.2 Å². The number of carbonyl (C=O) groups is 3. The van der Waals surface area contributed by atoms with E-state index in [0.29, 0.717) is 12.1 Å². The van der Waals surface area contributed by atoms with E-state index in [2.05, 4.69) is 5.32 Å². The number of nitrogens with zero attached hydrogens (tertiary/aromatic N) is 1. The zero-order valence-corrected chi connectivity index (χ0v) is 14.7. The molecule has 1 aromatic carbocycles. The molecule has 0 atom stereocenters. The van der Waals surface area contributed by atoms with Crippen LogP contribution < -0.4 is 5.32 Å². The van der Waals surface area contributed by atoms with Crippen molar-refractivity contribution in [3.63, 3.8) is 0 Å². The Hall–Kier alpha value is -2.37. The van der Waals surface area contributed by atoms with Crippen LogP contribution in [0.3, 0.4) is 0 Å². The maximum Gasteiger partial charge on any atom is 0.325 e. The number of rotatable bonds is 7. The van der Waals surface area contributed by atoms with Gasteiger partial charge in [0.15, 0.2) is 6.61 Å². The lowest BCUT2D eigenvalue weighted by Gasteiger charge is -2.33. The lowest BCUT2D eigenvalue weighted by Crippen LogP contribution is -2.43. The monoisotopic (exact) mass is 346 g/mol. The Kier molecular flexibility index (Phi) is 7.44. The SMILES string of the molecule is CCN(C(=O)COC(=O)CNC(=O)c1ccccc1)C1CCCCC1. The van der Waals surface area contributed by atoms with Crippen LogP contribution in [0.15, 0.2) is 30.3 Å². The van der Waals surface area contributed by atoms with Gasteiger partial charge in [-0.15, -0.1) is 0 Å². The van der Waals surface area contributed by atoms with Gasteiger partial charge in [-0.2, -0.15) is 0 Å². The second kappa shape index (κ2) is 9.81. The molecule has 0 heterocycles. The number of hydrogen-bond acceptors (Lipinski definition) is 4. The highest BCUT2D eigenvalue weighted by Crippen LogP contribution is 2.22. The van der Waals surface area contributed by atoms with Crippen LogP contribution >= 0.6 is 0 Å². The second-order valence-electron chi connectivity index (χ2n) is 6.18. The Morgan fingerprint density at radius 3 is 2.44 bits per heavy atom. The van der Waals surface area contributed by atoms with Crippen molar-refractivity contribution in [2.45, 2.75) is 45.1 Å². The van der Waals surface area contributed by atoms with Crippen molar-refractivity contribution < 1.29 is 19.1 Å². The summed E-state index contributed by atoms with van der Waals surface area (Å²) in [6, 6.07) is 8.87. The largest absolute Gasteiger partial charge is 0.454 e. The van der Waals surface area contributed by atoms with E-state index in [1.807, 2.05) is 13.0 Å². The average Bonchev–Trinajstić information content (AvgIpc) is 2.66. The third-order valence-corrected chi connectivity index (χ3v) is 4.46. The van der Waals surface area contributed by atoms with Crippen molar-refractivity contribution in [1.82, 2.24) is 10.2 Å². The first kappa shape index (κ1) is 19.0. The minimum absolute atomic E-state index is 0.169. The van der Waals surface area contributed by atoms with Crippen molar-refractivity contribution in [2.75, 3.05) is 19.7 Å². The normalized spacial score (nSPS) is 14.6. The standard InChI is InChI=1S/C19H26N2O4/c1-2-21(16-11-7-4-8-12-16)17(22)14-25-18(23)13-20-19(24)15-9-5-3-6-10-15/h3,5-6,9-10,16H,2,4,7-8,11-14H2,1H3,(H,20,24). The molecule has 25 heavy (non-hydrogen) atoms. The van der Waals surface area contributed by atoms with Gasteiger partial charge in [-0.1, -0.05) is 37.5 Å². The lowest BCUT2D eigenvalue weighted by atomic mass is 9.94. The Bertz CT molecular complexity index is 582. The highest BCUT2D eigenvalue weighted by atomic mass is 16.5. The van der Waals surface area contributed by atoms with E-state index >= 15 is 0 Å². The van der Waals surface area contributed by atoms with E-state index < -0.39 is 5.97 Å². The summed E-state index contributed by atoms with van der Waals surface area (Å²) in [7, 11) is 0. The molecule has 6 heteroatoms. The highest BCUT2D eigenvalue weighted by Gasteiger charge is 2.24. The quantitative estimate of drug-likeness (QED) is 0.768. The van der Waals surface area contributed by atoms with Crippen molar-refractivity contribution in [2.24, 2.45) is 0 Å². The van der Waals surface area contributed by atoms with E-state index in [9.17, 15) is 14.4 Å². The number of esters is 1. The van der Waals surface area contributed by atoms with Gasteiger partial charge in [0.05, 0.1) is 0 Å². The van der Waals surface area contributed by atoms with Gasteiger partial charge in [-0.25, -0.2) is 0 Å². The van der Waals surface area contributed by atoms with E-state index in [-0.39, 0.29) is 31.0 Å². The van der Waals surface area contributed by atoms with Crippen LogP contribution in [0, 0.1) is 0 Å². The predicted molar refractivity (Wildman–Crippen MR) is 94.0 cm³/mol. The van der Waals surface area contributed by atoms with Gasteiger partial charge < -0.3 is 15.0 Å². The Labute approximate surface area is 148 Å². The molecule has 1 aromatic rings. The third kappa shape index (κ3) is 5.89. The number of amides is 2. The van der Waals surface area contributed by atoms with Gasteiger partial charge in [-0.3, -0.25) is 14.4 Å². The van der Waals surface area contributed by atoms with E-state index in [4.69, 9.17) is 4.74 Å². The summed E-state index contributed by atoms with van der Waals surface area (Å²) in [5, 5.41) is 2.49. The van der Waals surface area contributed by atoms with Gasteiger partial charge in [0.1, 0.15) is 6.54 Å². The summed E-state index contributed by atoms with van der Waals surface area (Å²) in [5.74, 6) is -1.13. The molecule has 0 radical (unpaired) electrons. The molecule has 2 rings (SSSR count). The van der Waals surface area contributed by atoms with Crippen LogP contribution in [0.5, 0.6) is 0 Å². The molecule has 1 N–H and O–H groups in total. The first-order valence-corrected chi connectivity index (χ1v) is 8.90. The summed E-state index contributed by atoms with van der Waals surface area (Å²) in [5.41, 5.74) is 0.473. The summed E-state index contributed by atoms with van der Waals surface area (Å²) in [6.45, 7) is 2.03. The molecule has 136 valence electrons. The summed E-state index contributed by atoms with van der Waals surface area (Å²) in [4.78, 5) is 37.7. The molecule has 0 spiro atoms. The second-order valence-corrected chi connectivity index (χ2v) is 6.18. The third-order valence-electron chi connectivity index (χ3n) is 4.46. The zero-order chi connectivity index (χ0) is 18.1. The Balaban J connectivity index is 1.73. The molecule has 1 fully saturated rings. The van der Waals surface area contributed by atoms with Gasteiger partial charge in [-0.05, 0) is 31.9 Å². The molecule has 6 nitrogen and oxygen atoms in total. The van der Waals surface area contributed by atoms with Crippen LogP contribution in [0.4, 0.5) is 0 Å².